The number of methoxy groups -OCH3 is 2. The second-order valence-electron chi connectivity index (χ2n) is 7.82. The first-order valence-corrected chi connectivity index (χ1v) is 8.91. The molecule has 4 atom stereocenters. The minimum Gasteiger partial charge on any atom is -0.496 e. The Kier molecular flexibility index (Phi) is 4.48. The molecule has 1 aromatic carbocycles. The Labute approximate surface area is 149 Å². The van der Waals surface area contributed by atoms with Crippen LogP contribution in [0.1, 0.15) is 62.4 Å². The molecule has 1 aliphatic heterocycles. The highest BCUT2D eigenvalue weighted by atomic mass is 16.5. The van der Waals surface area contributed by atoms with Crippen LogP contribution in [0.5, 0.6) is 17.2 Å². The molecule has 5 nitrogen and oxygen atoms in total. The molecule has 1 fully saturated rings. The van der Waals surface area contributed by atoms with E-state index in [0.29, 0.717) is 41.1 Å². The van der Waals surface area contributed by atoms with Gasteiger partial charge in [-0.05, 0) is 38.5 Å². The number of fused-ring (bicyclic) bond motifs is 3. The van der Waals surface area contributed by atoms with Crippen LogP contribution in [0.25, 0.3) is 0 Å². The first kappa shape index (κ1) is 18.1. The maximum absolute atomic E-state index is 12.3. The first-order chi connectivity index (χ1) is 11.7. The van der Waals surface area contributed by atoms with Crippen LogP contribution in [0.15, 0.2) is 6.07 Å². The number of Topliss-reactive ketones (excluding diaryl/α,β-unsaturated/α-hetero) is 1. The zero-order valence-electron chi connectivity index (χ0n) is 15.9. The molecule has 0 saturated heterocycles. The van der Waals surface area contributed by atoms with Crippen LogP contribution in [0.4, 0.5) is 0 Å². The van der Waals surface area contributed by atoms with Gasteiger partial charge in [-0.2, -0.15) is 0 Å². The number of carbonyl (C=O) groups excluding carboxylic acids is 1. The summed E-state index contributed by atoms with van der Waals surface area (Å²) >= 11 is 0. The third-order valence-corrected chi connectivity index (χ3v) is 5.86. The van der Waals surface area contributed by atoms with E-state index in [9.17, 15) is 9.90 Å². The average Bonchev–Trinajstić information content (AvgIpc) is 2.94. The van der Waals surface area contributed by atoms with Crippen molar-refractivity contribution in [3.63, 3.8) is 0 Å². The van der Waals surface area contributed by atoms with E-state index in [0.717, 1.165) is 12.0 Å². The van der Waals surface area contributed by atoms with Crippen molar-refractivity contribution in [2.24, 2.45) is 11.8 Å². The van der Waals surface area contributed by atoms with Gasteiger partial charge in [0, 0.05) is 17.5 Å². The Hall–Kier alpha value is -1.75. The molecule has 3 rings (SSSR count). The molecule has 0 spiro atoms. The molecular weight excluding hydrogens is 320 g/mol. The number of carbonyl (C=O) groups is 1. The summed E-state index contributed by atoms with van der Waals surface area (Å²) in [6, 6.07) is 1.77. The highest BCUT2D eigenvalue weighted by Gasteiger charge is 2.55. The lowest BCUT2D eigenvalue weighted by Crippen LogP contribution is -2.51. The smallest absolute Gasteiger partial charge is 0.167 e. The normalized spacial score (nSPS) is 30.5. The van der Waals surface area contributed by atoms with Crippen LogP contribution in [0.3, 0.4) is 0 Å². The summed E-state index contributed by atoms with van der Waals surface area (Å²) in [6.07, 6.45) is 1.21. The molecule has 0 bridgehead atoms. The zero-order valence-corrected chi connectivity index (χ0v) is 15.9. The minimum absolute atomic E-state index is 0.00212. The van der Waals surface area contributed by atoms with Gasteiger partial charge in [0.2, 0.25) is 0 Å². The summed E-state index contributed by atoms with van der Waals surface area (Å²) < 4.78 is 17.3. The fourth-order valence-electron chi connectivity index (χ4n) is 4.56. The van der Waals surface area contributed by atoms with Gasteiger partial charge >= 0.3 is 0 Å². The lowest BCUT2D eigenvalue weighted by molar-refractivity contribution is -0.0919. The van der Waals surface area contributed by atoms with Crippen molar-refractivity contribution in [1.82, 2.24) is 0 Å². The number of ketones is 1. The van der Waals surface area contributed by atoms with Crippen LogP contribution in [0.2, 0.25) is 0 Å². The molecule has 5 heteroatoms. The average molecular weight is 348 g/mol. The summed E-state index contributed by atoms with van der Waals surface area (Å²) in [5.74, 6) is 2.30. The third-order valence-electron chi connectivity index (χ3n) is 5.86. The number of aliphatic hydroxyl groups is 1. The summed E-state index contributed by atoms with van der Waals surface area (Å²) in [7, 11) is 3.14. The van der Waals surface area contributed by atoms with E-state index in [2.05, 4.69) is 13.8 Å². The SMILES string of the molecule is COc1cc(OC)c2c(c1C(C)=O)O[C@@H]1[C@H]2[C@@H](C(C)C)CC[C@@]1(C)O. The molecule has 0 radical (unpaired) electrons. The number of rotatable bonds is 4. The number of ether oxygens (including phenoxy) is 3. The fourth-order valence-corrected chi connectivity index (χ4v) is 4.56. The molecule has 1 aromatic rings. The van der Waals surface area contributed by atoms with Crippen molar-refractivity contribution in [2.75, 3.05) is 14.2 Å². The van der Waals surface area contributed by atoms with Gasteiger partial charge in [0.05, 0.1) is 19.8 Å². The van der Waals surface area contributed by atoms with Gasteiger partial charge in [0.1, 0.15) is 28.9 Å². The van der Waals surface area contributed by atoms with Crippen molar-refractivity contribution >= 4 is 5.78 Å². The number of hydrogen-bond acceptors (Lipinski definition) is 5. The van der Waals surface area contributed by atoms with Crippen molar-refractivity contribution in [1.29, 1.82) is 0 Å². The molecule has 0 amide bonds. The van der Waals surface area contributed by atoms with Crippen molar-refractivity contribution in [3.05, 3.63) is 17.2 Å². The van der Waals surface area contributed by atoms with Crippen LogP contribution in [0, 0.1) is 11.8 Å². The largest absolute Gasteiger partial charge is 0.496 e. The van der Waals surface area contributed by atoms with E-state index in [-0.39, 0.29) is 17.8 Å². The summed E-state index contributed by atoms with van der Waals surface area (Å²) in [6.45, 7) is 7.72. The summed E-state index contributed by atoms with van der Waals surface area (Å²) in [5, 5.41) is 11.0. The number of benzene rings is 1. The Morgan fingerprint density at radius 3 is 2.48 bits per heavy atom. The second kappa shape index (κ2) is 6.20. The fraction of sp³-hybridized carbons (Fsp3) is 0.650. The number of hydrogen-bond donors (Lipinski definition) is 1. The Bertz CT molecular complexity index is 692. The van der Waals surface area contributed by atoms with E-state index < -0.39 is 5.60 Å². The second-order valence-corrected chi connectivity index (χ2v) is 7.82. The van der Waals surface area contributed by atoms with Gasteiger partial charge in [-0.1, -0.05) is 13.8 Å². The molecule has 1 heterocycles. The maximum atomic E-state index is 12.3. The van der Waals surface area contributed by atoms with Crippen LogP contribution in [-0.2, 0) is 0 Å². The molecule has 1 aliphatic carbocycles. The Morgan fingerprint density at radius 2 is 1.96 bits per heavy atom. The molecule has 25 heavy (non-hydrogen) atoms. The minimum atomic E-state index is -0.943. The van der Waals surface area contributed by atoms with Gasteiger partial charge < -0.3 is 19.3 Å². The standard InChI is InChI=1S/C20H28O5/c1-10(2)12-7-8-20(4,22)19-16(12)17-14(24-6)9-13(23-5)15(11(3)21)18(17)25-19/h9-10,12,16,19,22H,7-8H2,1-6H3/t12-,16+,19-,20-/m1/s1. The quantitative estimate of drug-likeness (QED) is 0.843. The van der Waals surface area contributed by atoms with E-state index in [1.54, 1.807) is 13.2 Å². The topological polar surface area (TPSA) is 65.0 Å². The molecule has 1 saturated carbocycles. The lowest BCUT2D eigenvalue weighted by Gasteiger charge is -2.44. The van der Waals surface area contributed by atoms with Crippen molar-refractivity contribution < 1.29 is 24.1 Å². The molecule has 1 N–H and O–H groups in total. The van der Waals surface area contributed by atoms with Crippen LogP contribution < -0.4 is 14.2 Å². The highest BCUT2D eigenvalue weighted by molar-refractivity contribution is 6.01. The summed E-state index contributed by atoms with van der Waals surface area (Å²) in [4.78, 5) is 12.3. The van der Waals surface area contributed by atoms with Crippen molar-refractivity contribution in [2.45, 2.75) is 58.2 Å². The zero-order chi connectivity index (χ0) is 18.5. The van der Waals surface area contributed by atoms with Crippen molar-refractivity contribution in [3.8, 4) is 17.2 Å². The van der Waals surface area contributed by atoms with Gasteiger partial charge in [-0.25, -0.2) is 0 Å². The highest BCUT2D eigenvalue weighted by Crippen LogP contribution is 2.58. The molecule has 2 aliphatic rings. The van der Waals surface area contributed by atoms with Gasteiger partial charge in [0.15, 0.2) is 5.78 Å². The maximum Gasteiger partial charge on any atom is 0.167 e. The Balaban J connectivity index is 2.27. The predicted octanol–water partition coefficient (Wildman–Crippen LogP) is 3.57. The summed E-state index contributed by atoms with van der Waals surface area (Å²) in [5.41, 5.74) is 0.393. The molecule has 0 unspecified atom stereocenters. The van der Waals surface area contributed by atoms with Crippen LogP contribution >= 0.6 is 0 Å². The third kappa shape index (κ3) is 2.69. The first-order valence-electron chi connectivity index (χ1n) is 8.91. The van der Waals surface area contributed by atoms with Gasteiger partial charge in [-0.15, -0.1) is 0 Å². The molecule has 0 aromatic heterocycles. The van der Waals surface area contributed by atoms with E-state index in [1.807, 2.05) is 6.92 Å². The van der Waals surface area contributed by atoms with E-state index >= 15 is 0 Å². The molecule has 138 valence electrons. The van der Waals surface area contributed by atoms with E-state index in [1.165, 1.54) is 14.0 Å². The Morgan fingerprint density at radius 1 is 1.32 bits per heavy atom. The lowest BCUT2D eigenvalue weighted by atomic mass is 9.65. The predicted molar refractivity (Wildman–Crippen MR) is 94.9 cm³/mol. The van der Waals surface area contributed by atoms with E-state index in [4.69, 9.17) is 14.2 Å². The van der Waals surface area contributed by atoms with Gasteiger partial charge in [0.25, 0.3) is 0 Å². The monoisotopic (exact) mass is 348 g/mol. The molecular formula is C20H28O5. The van der Waals surface area contributed by atoms with Crippen LogP contribution in [-0.4, -0.2) is 36.8 Å². The van der Waals surface area contributed by atoms with Gasteiger partial charge in [-0.3, -0.25) is 4.79 Å².